The average Bonchev–Trinajstić information content (AvgIpc) is 2.68. The number of carbonyl (C=O) groups is 2. The summed E-state index contributed by atoms with van der Waals surface area (Å²) in [4.78, 5) is 24.5. The van der Waals surface area contributed by atoms with Gasteiger partial charge >= 0.3 is 12.0 Å². The maximum atomic E-state index is 12.5. The van der Waals surface area contributed by atoms with Gasteiger partial charge in [0.25, 0.3) is 0 Å². The minimum atomic E-state index is -0.692. The topological polar surface area (TPSA) is 100 Å². The van der Waals surface area contributed by atoms with Gasteiger partial charge in [-0.15, -0.1) is 0 Å². The molecule has 142 valence electrons. The third-order valence-electron chi connectivity index (χ3n) is 4.11. The molecule has 2 aromatic carbocycles. The summed E-state index contributed by atoms with van der Waals surface area (Å²) < 4.78 is 11.0. The predicted octanol–water partition coefficient (Wildman–Crippen LogP) is 3.56. The summed E-state index contributed by atoms with van der Waals surface area (Å²) in [5, 5.41) is 14.0. The number of urea groups is 1. The second kappa shape index (κ2) is 8.73. The average molecular weight is 377 g/mol. The molecule has 0 saturated carbocycles. The third kappa shape index (κ3) is 4.48. The monoisotopic (exact) mass is 377 g/mol. The van der Waals surface area contributed by atoms with E-state index < -0.39 is 18.0 Å². The molecular weight excluding hydrogens is 358 g/mol. The van der Waals surface area contributed by atoms with Crippen LogP contribution in [0.2, 0.25) is 0 Å². The van der Waals surface area contributed by atoms with Crippen molar-refractivity contribution >= 4 is 12.0 Å². The molecule has 1 aliphatic heterocycles. The fraction of sp³-hybridized carbons (Fsp3) is 0.190. The van der Waals surface area contributed by atoms with Crippen molar-refractivity contribution in [3.63, 3.8) is 0 Å². The molecule has 2 aromatic rings. The molecule has 0 fully saturated rings. The highest BCUT2D eigenvalue weighted by atomic mass is 16.5. The normalized spacial score (nSPS) is 15.9. The van der Waals surface area contributed by atoms with Gasteiger partial charge in [0.2, 0.25) is 0 Å². The number of allylic oxidation sites excluding steroid dienone is 1. The fourth-order valence-electron chi connectivity index (χ4n) is 2.86. The van der Waals surface area contributed by atoms with Crippen LogP contribution in [0.15, 0.2) is 65.9 Å². The van der Waals surface area contributed by atoms with Gasteiger partial charge in [-0.25, -0.2) is 9.59 Å². The largest absolute Gasteiger partial charge is 0.461 e. The van der Waals surface area contributed by atoms with Gasteiger partial charge in [0.1, 0.15) is 18.1 Å². The number of nitrogens with one attached hydrogen (secondary N) is 2. The predicted molar refractivity (Wildman–Crippen MR) is 101 cm³/mol. The number of benzene rings is 2. The first-order valence-electron chi connectivity index (χ1n) is 8.73. The van der Waals surface area contributed by atoms with Gasteiger partial charge in [0, 0.05) is 5.70 Å². The Morgan fingerprint density at radius 2 is 1.89 bits per heavy atom. The van der Waals surface area contributed by atoms with Crippen molar-refractivity contribution in [1.29, 1.82) is 5.26 Å². The Labute approximate surface area is 162 Å². The van der Waals surface area contributed by atoms with E-state index in [4.69, 9.17) is 14.7 Å². The number of ether oxygens (including phenoxy) is 2. The second-order valence-corrected chi connectivity index (χ2v) is 6.10. The molecule has 2 amide bonds. The zero-order valence-corrected chi connectivity index (χ0v) is 15.3. The van der Waals surface area contributed by atoms with Crippen molar-refractivity contribution in [3.05, 3.63) is 71.4 Å². The van der Waals surface area contributed by atoms with Gasteiger partial charge in [-0.1, -0.05) is 30.3 Å². The van der Waals surface area contributed by atoms with Crippen LogP contribution >= 0.6 is 0 Å². The Morgan fingerprint density at radius 1 is 1.14 bits per heavy atom. The Balaban J connectivity index is 1.88. The van der Waals surface area contributed by atoms with E-state index in [0.29, 0.717) is 22.8 Å². The third-order valence-corrected chi connectivity index (χ3v) is 4.11. The van der Waals surface area contributed by atoms with Gasteiger partial charge in [-0.3, -0.25) is 0 Å². The van der Waals surface area contributed by atoms with Crippen molar-refractivity contribution in [1.82, 2.24) is 10.6 Å². The number of nitriles is 1. The number of carbonyl (C=O) groups excluding carboxylic acids is 2. The first-order valence-corrected chi connectivity index (χ1v) is 8.73. The van der Waals surface area contributed by atoms with E-state index in [9.17, 15) is 9.59 Å². The van der Waals surface area contributed by atoms with Crippen LogP contribution in [0.4, 0.5) is 4.79 Å². The first-order chi connectivity index (χ1) is 13.6. The van der Waals surface area contributed by atoms with E-state index in [1.807, 2.05) is 36.4 Å². The summed E-state index contributed by atoms with van der Waals surface area (Å²) in [7, 11) is 0. The van der Waals surface area contributed by atoms with Crippen molar-refractivity contribution in [2.24, 2.45) is 0 Å². The standard InChI is InChI=1S/C21H19N3O4/c1-14-18(20(25)27-12-6-11-22)19(24-21(26)23-14)15-7-5-10-17(13-15)28-16-8-3-2-4-9-16/h2-5,7-10,13,19H,6,12H2,1H3,(H2,23,24,26)/t19-/m1/s1. The molecule has 0 aliphatic carbocycles. The molecule has 1 heterocycles. The van der Waals surface area contributed by atoms with Crippen LogP contribution in [0.25, 0.3) is 0 Å². The van der Waals surface area contributed by atoms with E-state index in [1.165, 1.54) is 0 Å². The molecular formula is C21H19N3O4. The number of rotatable bonds is 6. The molecule has 1 aliphatic rings. The fourth-order valence-corrected chi connectivity index (χ4v) is 2.86. The summed E-state index contributed by atoms with van der Waals surface area (Å²) in [6.07, 6.45) is 0.100. The van der Waals surface area contributed by atoms with Gasteiger partial charge < -0.3 is 20.1 Å². The lowest BCUT2D eigenvalue weighted by atomic mass is 9.95. The number of hydrogen-bond donors (Lipinski definition) is 2. The van der Waals surface area contributed by atoms with Crippen molar-refractivity contribution < 1.29 is 19.1 Å². The van der Waals surface area contributed by atoms with E-state index in [2.05, 4.69) is 10.6 Å². The van der Waals surface area contributed by atoms with Gasteiger partial charge in [-0.2, -0.15) is 5.26 Å². The zero-order valence-electron chi connectivity index (χ0n) is 15.3. The highest BCUT2D eigenvalue weighted by Crippen LogP contribution is 2.31. The number of esters is 1. The molecule has 7 heteroatoms. The molecule has 0 aromatic heterocycles. The summed E-state index contributed by atoms with van der Waals surface area (Å²) in [5.74, 6) is 0.669. The number of nitrogens with zero attached hydrogens (tertiary/aromatic N) is 1. The van der Waals surface area contributed by atoms with Gasteiger partial charge in [0.05, 0.1) is 24.1 Å². The molecule has 0 spiro atoms. The molecule has 0 bridgehead atoms. The van der Waals surface area contributed by atoms with Crippen molar-refractivity contribution in [2.75, 3.05) is 6.61 Å². The SMILES string of the molecule is CC1=C(C(=O)OCCC#N)[C@@H](c2cccc(Oc3ccccc3)c2)NC(=O)N1. The number of amides is 2. The van der Waals surface area contributed by atoms with Crippen molar-refractivity contribution in [2.45, 2.75) is 19.4 Å². The van der Waals surface area contributed by atoms with Crippen LogP contribution in [0.1, 0.15) is 24.9 Å². The quantitative estimate of drug-likeness (QED) is 0.592. The maximum Gasteiger partial charge on any atom is 0.338 e. The number of hydrogen-bond acceptors (Lipinski definition) is 5. The van der Waals surface area contributed by atoms with Gasteiger partial charge in [0.15, 0.2) is 0 Å². The highest BCUT2D eigenvalue weighted by molar-refractivity contribution is 5.95. The summed E-state index contributed by atoms with van der Waals surface area (Å²) in [6, 6.07) is 17.3. The minimum absolute atomic E-state index is 0.00998. The van der Waals surface area contributed by atoms with Crippen molar-refractivity contribution in [3.8, 4) is 17.6 Å². The van der Waals surface area contributed by atoms with Gasteiger partial charge in [-0.05, 0) is 36.8 Å². The van der Waals surface area contributed by atoms with E-state index in [1.54, 1.807) is 31.2 Å². The Hall–Kier alpha value is -3.79. The lowest BCUT2D eigenvalue weighted by Gasteiger charge is -2.28. The smallest absolute Gasteiger partial charge is 0.338 e. The summed E-state index contributed by atoms with van der Waals surface area (Å²) in [6.45, 7) is 1.63. The summed E-state index contributed by atoms with van der Waals surface area (Å²) >= 11 is 0. The van der Waals surface area contributed by atoms with E-state index in [-0.39, 0.29) is 18.6 Å². The van der Waals surface area contributed by atoms with Crippen LogP contribution in [-0.2, 0) is 9.53 Å². The van der Waals surface area contributed by atoms with E-state index >= 15 is 0 Å². The van der Waals surface area contributed by atoms with Crippen LogP contribution in [-0.4, -0.2) is 18.6 Å². The lowest BCUT2D eigenvalue weighted by Crippen LogP contribution is -2.45. The van der Waals surface area contributed by atoms with Crippen LogP contribution in [0, 0.1) is 11.3 Å². The van der Waals surface area contributed by atoms with Crippen LogP contribution in [0.5, 0.6) is 11.5 Å². The summed E-state index contributed by atoms with van der Waals surface area (Å²) in [5.41, 5.74) is 1.37. The lowest BCUT2D eigenvalue weighted by molar-refractivity contribution is -0.139. The molecule has 28 heavy (non-hydrogen) atoms. The molecule has 2 N–H and O–H groups in total. The van der Waals surface area contributed by atoms with Crippen LogP contribution < -0.4 is 15.4 Å². The number of para-hydroxylation sites is 1. The molecule has 3 rings (SSSR count). The molecule has 0 unspecified atom stereocenters. The molecule has 7 nitrogen and oxygen atoms in total. The van der Waals surface area contributed by atoms with E-state index in [0.717, 1.165) is 0 Å². The Bertz CT molecular complexity index is 948. The highest BCUT2D eigenvalue weighted by Gasteiger charge is 2.32. The minimum Gasteiger partial charge on any atom is -0.461 e. The molecule has 1 atom stereocenters. The Morgan fingerprint density at radius 3 is 2.64 bits per heavy atom. The Kier molecular flexibility index (Phi) is 5.92. The zero-order chi connectivity index (χ0) is 19.9. The molecule has 0 radical (unpaired) electrons. The first kappa shape index (κ1) is 19.0. The second-order valence-electron chi connectivity index (χ2n) is 6.10. The molecule has 0 saturated heterocycles. The maximum absolute atomic E-state index is 12.5. The van der Waals surface area contributed by atoms with Crippen LogP contribution in [0.3, 0.4) is 0 Å².